The van der Waals surface area contributed by atoms with Crippen LogP contribution in [0.1, 0.15) is 17.5 Å². The lowest BCUT2D eigenvalue weighted by Crippen LogP contribution is -2.31. The molecule has 94 valence electrons. The van der Waals surface area contributed by atoms with Crippen molar-refractivity contribution in [3.05, 3.63) is 29.3 Å². The van der Waals surface area contributed by atoms with E-state index < -0.39 is 0 Å². The number of hydrogen-bond acceptors (Lipinski definition) is 3. The lowest BCUT2D eigenvalue weighted by atomic mass is 10.0. The quantitative estimate of drug-likeness (QED) is 0.862. The average molecular weight is 234 g/mol. The molecule has 1 saturated heterocycles. The molecule has 0 bridgehead atoms. The van der Waals surface area contributed by atoms with Crippen molar-refractivity contribution < 1.29 is 4.74 Å². The Morgan fingerprint density at radius 3 is 2.88 bits per heavy atom. The van der Waals surface area contributed by atoms with Crippen LogP contribution < -0.4 is 10.6 Å². The molecule has 2 rings (SSSR count). The van der Waals surface area contributed by atoms with Gasteiger partial charge in [0.25, 0.3) is 0 Å². The molecule has 3 heteroatoms. The Morgan fingerprint density at radius 1 is 1.47 bits per heavy atom. The van der Waals surface area contributed by atoms with Crippen LogP contribution in [0.4, 0.5) is 5.69 Å². The molecule has 17 heavy (non-hydrogen) atoms. The number of nitrogens with zero attached hydrogens (tertiary/aromatic N) is 1. The van der Waals surface area contributed by atoms with Crippen LogP contribution in [0.15, 0.2) is 18.2 Å². The van der Waals surface area contributed by atoms with E-state index >= 15 is 0 Å². The third kappa shape index (κ3) is 2.79. The van der Waals surface area contributed by atoms with Gasteiger partial charge in [-0.3, -0.25) is 0 Å². The number of ether oxygens (including phenoxy) is 1. The van der Waals surface area contributed by atoms with Crippen molar-refractivity contribution in [3.8, 4) is 0 Å². The highest BCUT2D eigenvalue weighted by Gasteiger charge is 2.20. The highest BCUT2D eigenvalue weighted by atomic mass is 16.5. The first-order valence-electron chi connectivity index (χ1n) is 6.32. The summed E-state index contributed by atoms with van der Waals surface area (Å²) in [7, 11) is 2.15. The maximum absolute atomic E-state index is 5.60. The van der Waals surface area contributed by atoms with Gasteiger partial charge in [0.1, 0.15) is 0 Å². The van der Waals surface area contributed by atoms with Gasteiger partial charge in [-0.05, 0) is 49.6 Å². The summed E-state index contributed by atoms with van der Waals surface area (Å²) in [5.41, 5.74) is 9.56. The van der Waals surface area contributed by atoms with Crippen molar-refractivity contribution in [1.82, 2.24) is 0 Å². The fourth-order valence-corrected chi connectivity index (χ4v) is 2.37. The predicted octanol–water partition coefficient (Wildman–Crippen LogP) is 1.72. The largest absolute Gasteiger partial charge is 0.379 e. The minimum absolute atomic E-state index is 0.523. The Hall–Kier alpha value is -1.06. The maximum Gasteiger partial charge on any atom is 0.0670 e. The first-order valence-corrected chi connectivity index (χ1v) is 6.32. The molecule has 1 unspecified atom stereocenters. The molecule has 1 fully saturated rings. The highest BCUT2D eigenvalue weighted by molar-refractivity contribution is 5.51. The summed E-state index contributed by atoms with van der Waals surface area (Å²) in [5, 5.41) is 0. The number of hydrogen-bond donors (Lipinski definition) is 1. The van der Waals surface area contributed by atoms with E-state index in [1.807, 2.05) is 0 Å². The number of rotatable bonds is 4. The molecule has 1 aliphatic rings. The Labute approximate surface area is 104 Å². The summed E-state index contributed by atoms with van der Waals surface area (Å²) in [6.45, 7) is 4.61. The zero-order chi connectivity index (χ0) is 12.3. The van der Waals surface area contributed by atoms with Crippen LogP contribution in [0.3, 0.4) is 0 Å². The third-order valence-electron chi connectivity index (χ3n) is 3.60. The number of nitrogens with two attached hydrogens (primary N) is 1. The maximum atomic E-state index is 5.60. The van der Waals surface area contributed by atoms with Gasteiger partial charge in [0, 0.05) is 19.3 Å². The van der Waals surface area contributed by atoms with Crippen molar-refractivity contribution in [2.45, 2.75) is 25.8 Å². The van der Waals surface area contributed by atoms with Gasteiger partial charge in [0.2, 0.25) is 0 Å². The first kappa shape index (κ1) is 12.4. The molecule has 1 atom stereocenters. The van der Waals surface area contributed by atoms with Crippen molar-refractivity contribution >= 4 is 5.69 Å². The molecule has 0 saturated carbocycles. The van der Waals surface area contributed by atoms with Crippen LogP contribution in [0.5, 0.6) is 0 Å². The molecular formula is C14H22N2O. The minimum atomic E-state index is 0.523. The molecule has 1 aromatic rings. The standard InChI is InChI=1S/C14H22N2O/c1-11-9-13(4-3-12(11)5-7-15)16(2)14-6-8-17-10-14/h3-4,9,14H,5-8,10,15H2,1-2H3. The zero-order valence-corrected chi connectivity index (χ0v) is 10.8. The normalized spacial score (nSPS) is 19.6. The van der Waals surface area contributed by atoms with Crippen molar-refractivity contribution in [3.63, 3.8) is 0 Å². The van der Waals surface area contributed by atoms with Gasteiger partial charge in [0.15, 0.2) is 0 Å². The zero-order valence-electron chi connectivity index (χ0n) is 10.8. The van der Waals surface area contributed by atoms with Crippen LogP contribution in [-0.2, 0) is 11.2 Å². The molecule has 1 aromatic carbocycles. The summed E-state index contributed by atoms with van der Waals surface area (Å²) >= 11 is 0. The number of benzene rings is 1. The number of anilines is 1. The number of likely N-dealkylation sites (N-methyl/N-ethyl adjacent to an activating group) is 1. The van der Waals surface area contributed by atoms with Gasteiger partial charge >= 0.3 is 0 Å². The lowest BCUT2D eigenvalue weighted by Gasteiger charge is -2.26. The molecule has 2 N–H and O–H groups in total. The van der Waals surface area contributed by atoms with Crippen LogP contribution in [0.25, 0.3) is 0 Å². The average Bonchev–Trinajstić information content (AvgIpc) is 2.84. The van der Waals surface area contributed by atoms with Gasteiger partial charge < -0.3 is 15.4 Å². The number of aryl methyl sites for hydroxylation is 1. The summed E-state index contributed by atoms with van der Waals surface area (Å²) in [6.07, 6.45) is 2.09. The Kier molecular flexibility index (Phi) is 4.02. The molecule has 0 amide bonds. The topological polar surface area (TPSA) is 38.5 Å². The molecule has 0 aliphatic carbocycles. The molecule has 1 heterocycles. The van der Waals surface area contributed by atoms with Gasteiger partial charge in [-0.2, -0.15) is 0 Å². The molecule has 0 radical (unpaired) electrons. The van der Waals surface area contributed by atoms with E-state index in [-0.39, 0.29) is 0 Å². The van der Waals surface area contributed by atoms with Crippen LogP contribution in [0.2, 0.25) is 0 Å². The summed E-state index contributed by atoms with van der Waals surface area (Å²) < 4.78 is 5.43. The smallest absolute Gasteiger partial charge is 0.0670 e. The van der Waals surface area contributed by atoms with E-state index in [0.717, 1.165) is 26.1 Å². The Balaban J connectivity index is 2.12. The SMILES string of the molecule is Cc1cc(N(C)C2CCOC2)ccc1CCN. The van der Waals surface area contributed by atoms with Gasteiger partial charge in [-0.25, -0.2) is 0 Å². The van der Waals surface area contributed by atoms with Crippen LogP contribution in [0, 0.1) is 6.92 Å². The van der Waals surface area contributed by atoms with Gasteiger partial charge in [0.05, 0.1) is 12.6 Å². The van der Waals surface area contributed by atoms with Gasteiger partial charge in [-0.15, -0.1) is 0 Å². The lowest BCUT2D eigenvalue weighted by molar-refractivity contribution is 0.193. The van der Waals surface area contributed by atoms with Crippen molar-refractivity contribution in [2.75, 3.05) is 31.7 Å². The van der Waals surface area contributed by atoms with E-state index in [0.29, 0.717) is 12.6 Å². The monoisotopic (exact) mass is 234 g/mol. The molecular weight excluding hydrogens is 212 g/mol. The summed E-state index contributed by atoms with van der Waals surface area (Å²) in [4.78, 5) is 2.33. The summed E-state index contributed by atoms with van der Waals surface area (Å²) in [6, 6.07) is 7.17. The minimum Gasteiger partial charge on any atom is -0.379 e. The van der Waals surface area contributed by atoms with Crippen molar-refractivity contribution in [1.29, 1.82) is 0 Å². The molecule has 0 aromatic heterocycles. The Bertz CT molecular complexity index is 372. The van der Waals surface area contributed by atoms with Crippen molar-refractivity contribution in [2.24, 2.45) is 5.73 Å². The second-order valence-corrected chi connectivity index (χ2v) is 4.78. The van der Waals surface area contributed by atoms with Crippen LogP contribution in [-0.4, -0.2) is 32.8 Å². The Morgan fingerprint density at radius 2 is 2.29 bits per heavy atom. The molecule has 3 nitrogen and oxygen atoms in total. The fourth-order valence-electron chi connectivity index (χ4n) is 2.37. The van der Waals surface area contributed by atoms with Crippen LogP contribution >= 0.6 is 0 Å². The fraction of sp³-hybridized carbons (Fsp3) is 0.571. The first-order chi connectivity index (χ1) is 8.22. The van der Waals surface area contributed by atoms with E-state index in [1.165, 1.54) is 16.8 Å². The second kappa shape index (κ2) is 5.52. The highest BCUT2D eigenvalue weighted by Crippen LogP contribution is 2.23. The predicted molar refractivity (Wildman–Crippen MR) is 71.6 cm³/mol. The second-order valence-electron chi connectivity index (χ2n) is 4.78. The molecule has 0 spiro atoms. The third-order valence-corrected chi connectivity index (χ3v) is 3.60. The van der Waals surface area contributed by atoms with E-state index in [2.05, 4.69) is 37.1 Å². The van der Waals surface area contributed by atoms with E-state index in [4.69, 9.17) is 10.5 Å². The van der Waals surface area contributed by atoms with E-state index in [1.54, 1.807) is 0 Å². The van der Waals surface area contributed by atoms with Gasteiger partial charge in [-0.1, -0.05) is 6.07 Å². The molecule has 1 aliphatic heterocycles. The summed E-state index contributed by atoms with van der Waals surface area (Å²) in [5.74, 6) is 0. The van der Waals surface area contributed by atoms with E-state index in [9.17, 15) is 0 Å².